The number of esters is 5. The number of hydrogen-bond donors (Lipinski definition) is 4. The van der Waals surface area contributed by atoms with Gasteiger partial charge >= 0.3 is 54.2 Å². The van der Waals surface area contributed by atoms with E-state index in [1.54, 1.807) is 13.8 Å². The first-order valence-corrected chi connectivity index (χ1v) is 42.1. The molecule has 2 unspecified atom stereocenters. The lowest BCUT2D eigenvalue weighted by Gasteiger charge is -2.56. The second kappa shape index (κ2) is 59.3. The molecule has 0 heterocycles. The molecule has 22 nitrogen and oxygen atoms in total. The number of unbranched alkanes of at least 4 members (excludes halogenated alkanes) is 18. The van der Waals surface area contributed by atoms with Crippen LogP contribution < -0.4 is 21.3 Å². The summed E-state index contributed by atoms with van der Waals surface area (Å²) in [4.78, 5) is 105. The van der Waals surface area contributed by atoms with Gasteiger partial charge in [0.1, 0.15) is 44.2 Å². The summed E-state index contributed by atoms with van der Waals surface area (Å²) in [5, 5.41) is 10.9. The lowest BCUT2D eigenvalue weighted by Crippen LogP contribution is -2.53. The van der Waals surface area contributed by atoms with Gasteiger partial charge in [-0.25, -0.2) is 19.2 Å². The molecule has 2 atom stereocenters. The predicted molar refractivity (Wildman–Crippen MR) is 427 cm³/mol. The van der Waals surface area contributed by atoms with Crippen molar-refractivity contribution in [3.8, 4) is 0 Å². The van der Waals surface area contributed by atoms with Gasteiger partial charge in [0.05, 0.1) is 40.3 Å². The SMILES string of the molecule is CCC(C)(C)C(=O)OC12CC3CC(CC(C3)C1)C2.CCCCCCCCNC(=O)OC(C)C(C)OC(=O)C(C)(C)CC.CCCCCCCCNC(=O)OCCCOC(=O)C(C)(C)CC.CCCCCCCCNC(=O)OCCOC(=O)C(C)(C)CC.CCCCCCNC(=O)OCCOC(=O)C(C)(C)CC. The van der Waals surface area contributed by atoms with Crippen molar-refractivity contribution in [1.82, 2.24) is 21.3 Å². The molecule has 4 rings (SSSR count). The molecule has 0 aromatic heterocycles. The Kier molecular flexibility index (Phi) is 57.3. The van der Waals surface area contributed by atoms with E-state index in [4.69, 9.17) is 42.6 Å². The minimum absolute atomic E-state index is 0.0342. The molecule has 0 aromatic carbocycles. The summed E-state index contributed by atoms with van der Waals surface area (Å²) in [6.45, 7) is 44.3. The second-order valence-electron chi connectivity index (χ2n) is 33.1. The number of carbonyl (C=O) groups is 9. The first-order valence-electron chi connectivity index (χ1n) is 42.1. The van der Waals surface area contributed by atoms with Gasteiger partial charge in [-0.15, -0.1) is 0 Å². The van der Waals surface area contributed by atoms with Gasteiger partial charge in [-0.3, -0.25) is 24.0 Å². The maximum Gasteiger partial charge on any atom is 0.407 e. The average Bonchev–Trinajstić information content (AvgIpc) is 0.749. The number of ether oxygens (including phenoxy) is 9. The van der Waals surface area contributed by atoms with E-state index in [2.05, 4.69) is 55.9 Å². The van der Waals surface area contributed by atoms with Crippen LogP contribution in [-0.4, -0.2) is 138 Å². The van der Waals surface area contributed by atoms with Crippen molar-refractivity contribution in [2.75, 3.05) is 65.8 Å². The Hall–Kier alpha value is -5.57. The van der Waals surface area contributed by atoms with Crippen LogP contribution in [0.25, 0.3) is 0 Å². The predicted octanol–water partition coefficient (Wildman–Crippen LogP) is 20.5. The topological polar surface area (TPSA) is 285 Å². The van der Waals surface area contributed by atoms with E-state index in [1.807, 2.05) is 96.9 Å². The van der Waals surface area contributed by atoms with Gasteiger partial charge in [-0.1, -0.05) is 178 Å². The van der Waals surface area contributed by atoms with Crippen molar-refractivity contribution in [2.24, 2.45) is 44.8 Å². The van der Waals surface area contributed by atoms with Crippen molar-refractivity contribution < 1.29 is 85.8 Å². The standard InChI is InChI=1S/C19H37NO4.C18H35NO4.C17H33NO4.C16H26O2.C15H29NO4/c1-7-9-10-11-12-13-14-20-18(22)24-16(4)15(3)23-17(21)19(5,6)8-2;1-5-7-8-9-10-11-13-19-17(21)23-15-12-14-22-16(20)18(3,4)6-2;1-5-7-8-9-10-11-12-18-16(20)22-14-13-21-15(19)17(3,4)6-2;1-4-15(2,3)14(17)18-16-8-11-5-12(9-16)7-13(6-11)10-16;1-5-7-8-9-10-16-14(18)20-12-11-19-13(17)15(3,4)6-2/h15-16H,7-14H2,1-6H3,(H,20,22);5-15H2,1-4H3,(H,19,21);5-14H2,1-4H3,(H,18,20);11-13H,4-10H2,1-3H3;5-12H2,1-4H3,(H,16,18). The maximum absolute atomic E-state index is 12.4. The van der Waals surface area contributed by atoms with Crippen LogP contribution in [0.15, 0.2) is 0 Å². The molecule has 4 N–H and O–H groups in total. The van der Waals surface area contributed by atoms with Crippen LogP contribution in [0.5, 0.6) is 0 Å². The van der Waals surface area contributed by atoms with Gasteiger partial charge in [0.2, 0.25) is 0 Å². The quantitative estimate of drug-likeness (QED) is 0.0250. The van der Waals surface area contributed by atoms with Gasteiger partial charge in [0.25, 0.3) is 0 Å². The van der Waals surface area contributed by atoms with E-state index in [1.165, 1.54) is 109 Å². The molecular formula is C85H160N4O18. The summed E-state index contributed by atoms with van der Waals surface area (Å²) < 4.78 is 47.0. The molecule has 22 heteroatoms. The Bertz CT molecular complexity index is 2380. The van der Waals surface area contributed by atoms with E-state index < -0.39 is 58.2 Å². The maximum atomic E-state index is 12.4. The lowest BCUT2D eigenvalue weighted by molar-refractivity contribution is -0.196. The van der Waals surface area contributed by atoms with Crippen molar-refractivity contribution in [3.63, 3.8) is 0 Å². The third-order valence-corrected chi connectivity index (χ3v) is 21.3. The van der Waals surface area contributed by atoms with E-state index in [0.29, 0.717) is 51.9 Å². The molecule has 107 heavy (non-hydrogen) atoms. The summed E-state index contributed by atoms with van der Waals surface area (Å²) in [7, 11) is 0. The number of nitrogens with one attached hydrogen (secondary N) is 4. The fourth-order valence-electron chi connectivity index (χ4n) is 11.6. The highest BCUT2D eigenvalue weighted by molar-refractivity contribution is 5.78. The summed E-state index contributed by atoms with van der Waals surface area (Å²) >= 11 is 0. The number of amides is 4. The molecule has 0 aromatic rings. The third-order valence-electron chi connectivity index (χ3n) is 21.3. The average molecular weight is 1530 g/mol. The zero-order chi connectivity index (χ0) is 81.4. The third kappa shape index (κ3) is 50.1. The zero-order valence-electron chi connectivity index (χ0n) is 71.8. The molecule has 4 aliphatic carbocycles. The van der Waals surface area contributed by atoms with Crippen molar-refractivity contribution in [3.05, 3.63) is 0 Å². The summed E-state index contributed by atoms with van der Waals surface area (Å²) in [5.41, 5.74) is -2.33. The monoisotopic (exact) mass is 1530 g/mol. The molecule has 4 saturated carbocycles. The number of rotatable bonds is 50. The number of alkyl carbamates (subject to hydrolysis) is 4. The molecule has 0 aliphatic heterocycles. The Morgan fingerprint density at radius 3 is 0.869 bits per heavy atom. The minimum atomic E-state index is -0.520. The highest BCUT2D eigenvalue weighted by Gasteiger charge is 2.54. The van der Waals surface area contributed by atoms with Crippen LogP contribution in [0.3, 0.4) is 0 Å². The molecule has 4 amide bonds. The van der Waals surface area contributed by atoms with Crippen LogP contribution in [0.2, 0.25) is 0 Å². The molecule has 4 fully saturated rings. The lowest BCUT2D eigenvalue weighted by atomic mass is 9.54. The first kappa shape index (κ1) is 103. The van der Waals surface area contributed by atoms with E-state index in [-0.39, 0.29) is 80.5 Å². The molecule has 628 valence electrons. The van der Waals surface area contributed by atoms with Crippen LogP contribution in [-0.2, 0) is 66.6 Å². The van der Waals surface area contributed by atoms with E-state index >= 15 is 0 Å². The van der Waals surface area contributed by atoms with Gasteiger partial charge in [-0.2, -0.15) is 0 Å². The molecule has 4 bridgehead atoms. The molecule has 0 radical (unpaired) electrons. The Morgan fingerprint density at radius 1 is 0.299 bits per heavy atom. The van der Waals surface area contributed by atoms with E-state index in [0.717, 1.165) is 101 Å². The van der Waals surface area contributed by atoms with Crippen molar-refractivity contribution >= 4 is 54.2 Å². The van der Waals surface area contributed by atoms with Gasteiger partial charge < -0.3 is 63.9 Å². The number of hydrogen-bond acceptors (Lipinski definition) is 18. The Morgan fingerprint density at radius 2 is 0.542 bits per heavy atom. The van der Waals surface area contributed by atoms with E-state index in [9.17, 15) is 43.2 Å². The first-order chi connectivity index (χ1) is 50.5. The van der Waals surface area contributed by atoms with Crippen LogP contribution >= 0.6 is 0 Å². The number of carbonyl (C=O) groups excluding carboxylic acids is 9. The summed E-state index contributed by atoms with van der Waals surface area (Å²) in [6, 6.07) is 0. The zero-order valence-corrected chi connectivity index (χ0v) is 71.8. The normalized spacial score (nSPS) is 16.9. The summed E-state index contributed by atoms with van der Waals surface area (Å²) in [5.74, 6) is 1.57. The highest BCUT2D eigenvalue weighted by Crippen LogP contribution is 2.57. The van der Waals surface area contributed by atoms with Crippen LogP contribution in [0.4, 0.5) is 19.2 Å². The van der Waals surface area contributed by atoms with Crippen molar-refractivity contribution in [2.45, 2.75) is 382 Å². The summed E-state index contributed by atoms with van der Waals surface area (Å²) in [6.07, 6.45) is 34.9. The van der Waals surface area contributed by atoms with Gasteiger partial charge in [0.15, 0.2) is 0 Å². The Labute approximate surface area is 650 Å². The van der Waals surface area contributed by atoms with Crippen molar-refractivity contribution in [1.29, 1.82) is 0 Å². The molecule has 4 aliphatic rings. The Balaban J connectivity index is 0. The van der Waals surface area contributed by atoms with Crippen LogP contribution in [0, 0.1) is 44.8 Å². The smallest absolute Gasteiger partial charge is 0.407 e. The molecule has 0 spiro atoms. The molecule has 0 saturated heterocycles. The second-order valence-corrected chi connectivity index (χ2v) is 33.1. The minimum Gasteiger partial charge on any atom is -0.465 e. The van der Waals surface area contributed by atoms with Gasteiger partial charge in [0, 0.05) is 32.6 Å². The molecular weight excluding hydrogens is 1360 g/mol. The fraction of sp³-hybridized carbons (Fsp3) is 0.894. The van der Waals surface area contributed by atoms with Crippen LogP contribution in [0.1, 0.15) is 364 Å². The largest absolute Gasteiger partial charge is 0.465 e. The highest BCUT2D eigenvalue weighted by atomic mass is 16.6. The van der Waals surface area contributed by atoms with Gasteiger partial charge in [-0.05, 0) is 197 Å². The fourth-order valence-corrected chi connectivity index (χ4v) is 11.6.